The van der Waals surface area contributed by atoms with Crippen molar-refractivity contribution in [3.8, 4) is 0 Å². The lowest BCUT2D eigenvalue weighted by molar-refractivity contribution is 0.100. The summed E-state index contributed by atoms with van der Waals surface area (Å²) >= 11 is 0. The van der Waals surface area contributed by atoms with E-state index in [4.69, 9.17) is 5.53 Å². The Bertz CT molecular complexity index is 997. The number of hydrogen-bond acceptors (Lipinski definition) is 2. The van der Waals surface area contributed by atoms with Gasteiger partial charge < -0.3 is 0 Å². The van der Waals surface area contributed by atoms with Gasteiger partial charge in [0.25, 0.3) is 5.91 Å². The molecular formula is C22H18N4O. The van der Waals surface area contributed by atoms with Crippen molar-refractivity contribution in [2.75, 3.05) is 0 Å². The molecular weight excluding hydrogens is 336 g/mol. The molecule has 3 rings (SSSR count). The highest BCUT2D eigenvalue weighted by atomic mass is 16.1. The van der Waals surface area contributed by atoms with Crippen molar-refractivity contribution in [2.45, 2.75) is 13.8 Å². The summed E-state index contributed by atoms with van der Waals surface area (Å²) in [5, 5.41) is 3.59. The molecule has 0 radical (unpaired) electrons. The van der Waals surface area contributed by atoms with Crippen LogP contribution in [0.1, 0.15) is 32.6 Å². The molecule has 0 bridgehead atoms. The van der Waals surface area contributed by atoms with E-state index in [0.29, 0.717) is 5.71 Å². The molecule has 0 atom stereocenters. The van der Waals surface area contributed by atoms with Crippen LogP contribution < -0.4 is 0 Å². The molecule has 0 aliphatic carbocycles. The highest BCUT2D eigenvalue weighted by Gasteiger charge is 2.13. The van der Waals surface area contributed by atoms with E-state index in [0.717, 1.165) is 22.3 Å². The summed E-state index contributed by atoms with van der Waals surface area (Å²) in [5.74, 6) is -0.450. The Balaban J connectivity index is 2.12. The number of aliphatic imine (C=N–C) groups is 1. The zero-order chi connectivity index (χ0) is 19.2. The Morgan fingerprint density at radius 1 is 0.815 bits per heavy atom. The van der Waals surface area contributed by atoms with E-state index in [2.05, 4.69) is 15.0 Å². The Morgan fingerprint density at radius 3 is 1.85 bits per heavy atom. The fraction of sp³-hybridized carbons (Fsp3) is 0.0909. The summed E-state index contributed by atoms with van der Waals surface area (Å²) in [5.41, 5.74) is 13.8. The van der Waals surface area contributed by atoms with Crippen molar-refractivity contribution < 1.29 is 4.79 Å². The van der Waals surface area contributed by atoms with Crippen LogP contribution in [0.2, 0.25) is 0 Å². The number of carbonyl (C=O) groups excluding carboxylic acids is 1. The number of benzene rings is 3. The normalized spacial score (nSPS) is 10.0. The molecule has 0 aromatic heterocycles. The first kappa shape index (κ1) is 18.1. The van der Waals surface area contributed by atoms with Gasteiger partial charge >= 0.3 is 0 Å². The average Bonchev–Trinajstić information content (AvgIpc) is 2.68. The van der Waals surface area contributed by atoms with Gasteiger partial charge in [0, 0.05) is 16.0 Å². The van der Waals surface area contributed by atoms with Gasteiger partial charge in [-0.25, -0.2) is 4.99 Å². The molecule has 3 aromatic rings. The van der Waals surface area contributed by atoms with Crippen LogP contribution in [0.3, 0.4) is 0 Å². The van der Waals surface area contributed by atoms with E-state index in [1.165, 1.54) is 0 Å². The Kier molecular flexibility index (Phi) is 5.45. The number of rotatable bonds is 4. The topological polar surface area (TPSA) is 78.2 Å². The zero-order valence-corrected chi connectivity index (χ0v) is 15.1. The maximum Gasteiger partial charge on any atom is 0.278 e. The molecule has 5 nitrogen and oxygen atoms in total. The van der Waals surface area contributed by atoms with Crippen molar-refractivity contribution in [3.05, 3.63) is 111 Å². The van der Waals surface area contributed by atoms with Gasteiger partial charge in [-0.3, -0.25) is 4.79 Å². The van der Waals surface area contributed by atoms with Gasteiger partial charge in [-0.1, -0.05) is 83.0 Å². The highest BCUT2D eigenvalue weighted by molar-refractivity contribution is 6.19. The van der Waals surface area contributed by atoms with Gasteiger partial charge in [0.2, 0.25) is 0 Å². The SMILES string of the molecule is Cc1ccc(C(=NC(=O)c2ccccc2N=[N+]=[N-])c2ccc(C)cc2)cc1. The lowest BCUT2D eigenvalue weighted by Crippen LogP contribution is -2.08. The van der Waals surface area contributed by atoms with Gasteiger partial charge in [0.15, 0.2) is 0 Å². The number of aryl methyl sites for hydroxylation is 2. The molecule has 0 saturated heterocycles. The summed E-state index contributed by atoms with van der Waals surface area (Å²) in [6.45, 7) is 4.02. The standard InChI is InChI=1S/C22H18N4O/c1-15-7-11-17(12-8-15)21(18-13-9-16(2)10-14-18)24-22(27)19-5-3-4-6-20(19)25-26-23/h3-14H,1-2H3. The van der Waals surface area contributed by atoms with Crippen LogP contribution in [0.4, 0.5) is 5.69 Å². The van der Waals surface area contributed by atoms with E-state index < -0.39 is 5.91 Å². The molecule has 0 heterocycles. The predicted molar refractivity (Wildman–Crippen MR) is 108 cm³/mol. The van der Waals surface area contributed by atoms with Crippen LogP contribution in [0, 0.1) is 13.8 Å². The van der Waals surface area contributed by atoms with Gasteiger partial charge in [0.1, 0.15) is 0 Å². The maximum atomic E-state index is 12.9. The number of amides is 1. The third kappa shape index (κ3) is 4.29. The van der Waals surface area contributed by atoms with Crippen LogP contribution in [0.25, 0.3) is 10.4 Å². The molecule has 0 N–H and O–H groups in total. The summed E-state index contributed by atoms with van der Waals surface area (Å²) in [7, 11) is 0. The molecule has 3 aromatic carbocycles. The number of carbonyl (C=O) groups is 1. The van der Waals surface area contributed by atoms with E-state index in [9.17, 15) is 4.79 Å². The third-order valence-electron chi connectivity index (χ3n) is 4.15. The van der Waals surface area contributed by atoms with Crippen molar-refractivity contribution in [3.63, 3.8) is 0 Å². The molecule has 0 aliphatic heterocycles. The Labute approximate surface area is 157 Å². The molecule has 27 heavy (non-hydrogen) atoms. The summed E-state index contributed by atoms with van der Waals surface area (Å²) < 4.78 is 0. The Hall–Kier alpha value is -3.69. The summed E-state index contributed by atoms with van der Waals surface area (Å²) in [6.07, 6.45) is 0. The molecule has 0 fully saturated rings. The second kappa shape index (κ2) is 8.13. The number of hydrogen-bond donors (Lipinski definition) is 0. The van der Waals surface area contributed by atoms with Gasteiger partial charge in [-0.2, -0.15) is 0 Å². The molecule has 0 spiro atoms. The molecule has 5 heteroatoms. The van der Waals surface area contributed by atoms with Crippen molar-refractivity contribution >= 4 is 17.3 Å². The van der Waals surface area contributed by atoms with E-state index in [-0.39, 0.29) is 11.3 Å². The minimum absolute atomic E-state index is 0.265. The quantitative estimate of drug-likeness (QED) is 0.248. The fourth-order valence-corrected chi connectivity index (χ4v) is 2.67. The predicted octanol–water partition coefficient (Wildman–Crippen LogP) is 5.92. The monoisotopic (exact) mass is 354 g/mol. The van der Waals surface area contributed by atoms with Crippen LogP contribution in [0.5, 0.6) is 0 Å². The largest absolute Gasteiger partial charge is 0.278 e. The van der Waals surface area contributed by atoms with Crippen molar-refractivity contribution in [1.82, 2.24) is 0 Å². The second-order valence-electron chi connectivity index (χ2n) is 6.20. The highest BCUT2D eigenvalue weighted by Crippen LogP contribution is 2.21. The van der Waals surface area contributed by atoms with Gasteiger partial charge in [0.05, 0.1) is 17.0 Å². The lowest BCUT2D eigenvalue weighted by atomic mass is 10.00. The van der Waals surface area contributed by atoms with E-state index in [1.807, 2.05) is 62.4 Å². The number of azide groups is 1. The van der Waals surface area contributed by atoms with Crippen LogP contribution in [-0.4, -0.2) is 11.6 Å². The van der Waals surface area contributed by atoms with Gasteiger partial charge in [-0.05, 0) is 25.4 Å². The van der Waals surface area contributed by atoms with Crippen molar-refractivity contribution in [2.24, 2.45) is 10.1 Å². The van der Waals surface area contributed by atoms with E-state index >= 15 is 0 Å². The molecule has 0 aliphatic rings. The van der Waals surface area contributed by atoms with Crippen LogP contribution >= 0.6 is 0 Å². The lowest BCUT2D eigenvalue weighted by Gasteiger charge is -2.09. The molecule has 132 valence electrons. The van der Waals surface area contributed by atoms with Crippen LogP contribution in [0.15, 0.2) is 82.9 Å². The van der Waals surface area contributed by atoms with Gasteiger partial charge in [-0.15, -0.1) is 0 Å². The fourth-order valence-electron chi connectivity index (χ4n) is 2.67. The molecule has 1 amide bonds. The number of nitrogens with zero attached hydrogens (tertiary/aromatic N) is 4. The smallest absolute Gasteiger partial charge is 0.267 e. The molecule has 0 unspecified atom stereocenters. The first-order valence-corrected chi connectivity index (χ1v) is 8.50. The summed E-state index contributed by atoms with van der Waals surface area (Å²) in [4.78, 5) is 20.0. The summed E-state index contributed by atoms with van der Waals surface area (Å²) in [6, 6.07) is 22.4. The first-order valence-electron chi connectivity index (χ1n) is 8.50. The average molecular weight is 354 g/mol. The second-order valence-corrected chi connectivity index (χ2v) is 6.20. The zero-order valence-electron chi connectivity index (χ0n) is 15.1. The first-order chi connectivity index (χ1) is 13.1. The Morgan fingerprint density at radius 2 is 1.33 bits per heavy atom. The molecule has 0 saturated carbocycles. The minimum atomic E-state index is -0.450. The van der Waals surface area contributed by atoms with E-state index in [1.54, 1.807) is 24.3 Å². The van der Waals surface area contributed by atoms with Crippen molar-refractivity contribution in [1.29, 1.82) is 0 Å². The third-order valence-corrected chi connectivity index (χ3v) is 4.15. The minimum Gasteiger partial charge on any atom is -0.267 e. The van der Waals surface area contributed by atoms with Crippen LogP contribution in [-0.2, 0) is 0 Å². The maximum absolute atomic E-state index is 12.9.